The molecular formula is C21H18BrClN2O6. The Labute approximate surface area is 191 Å². The predicted octanol–water partition coefficient (Wildman–Crippen LogP) is 4.15. The highest BCUT2D eigenvalue weighted by Gasteiger charge is 2.35. The highest BCUT2D eigenvalue weighted by atomic mass is 79.9. The van der Waals surface area contributed by atoms with E-state index >= 15 is 0 Å². The van der Waals surface area contributed by atoms with E-state index in [9.17, 15) is 14.4 Å². The number of nitrogens with zero attached hydrogens (tertiary/aromatic N) is 1. The molecule has 0 unspecified atom stereocenters. The smallest absolute Gasteiger partial charge is 0.343 e. The molecule has 2 aromatic carbocycles. The van der Waals surface area contributed by atoms with Crippen molar-refractivity contribution in [2.75, 3.05) is 25.2 Å². The first-order valence-electron chi connectivity index (χ1n) is 9.12. The van der Waals surface area contributed by atoms with Crippen LogP contribution in [0.2, 0.25) is 5.02 Å². The van der Waals surface area contributed by atoms with Crippen LogP contribution in [0.15, 0.2) is 46.6 Å². The number of imide groups is 1. The van der Waals surface area contributed by atoms with Crippen molar-refractivity contribution >= 4 is 57.2 Å². The maximum absolute atomic E-state index is 12.8. The summed E-state index contributed by atoms with van der Waals surface area (Å²) in [6.45, 7) is 1.87. The SMILES string of the molecule is CCOc1cc(/C=C2/NC(=O)N(c3ccc(Cl)cc3)C2=O)c(Br)cc1OCC(=O)OC. The van der Waals surface area contributed by atoms with E-state index in [-0.39, 0.29) is 12.3 Å². The molecule has 3 amide bonds. The zero-order valence-corrected chi connectivity index (χ0v) is 19.0. The number of carbonyl (C=O) groups is 3. The van der Waals surface area contributed by atoms with Crippen molar-refractivity contribution in [1.82, 2.24) is 5.32 Å². The molecule has 0 aliphatic carbocycles. The minimum absolute atomic E-state index is 0.0892. The van der Waals surface area contributed by atoms with Gasteiger partial charge in [-0.25, -0.2) is 14.5 Å². The molecule has 3 rings (SSSR count). The fourth-order valence-corrected chi connectivity index (χ4v) is 3.32. The zero-order chi connectivity index (χ0) is 22.5. The average Bonchev–Trinajstić information content (AvgIpc) is 3.02. The predicted molar refractivity (Wildman–Crippen MR) is 118 cm³/mol. The Morgan fingerprint density at radius 1 is 1.16 bits per heavy atom. The molecule has 1 fully saturated rings. The van der Waals surface area contributed by atoms with E-state index in [1.54, 1.807) is 43.3 Å². The molecule has 1 aliphatic heterocycles. The normalized spacial score (nSPS) is 14.6. The van der Waals surface area contributed by atoms with E-state index in [4.69, 9.17) is 21.1 Å². The number of halogens is 2. The number of nitrogens with one attached hydrogen (secondary N) is 1. The van der Waals surface area contributed by atoms with E-state index < -0.39 is 17.9 Å². The summed E-state index contributed by atoms with van der Waals surface area (Å²) in [5, 5.41) is 3.06. The molecule has 1 aliphatic rings. The molecule has 8 nitrogen and oxygen atoms in total. The highest BCUT2D eigenvalue weighted by Crippen LogP contribution is 2.35. The van der Waals surface area contributed by atoms with Gasteiger partial charge in [0.05, 0.1) is 19.4 Å². The molecule has 0 spiro atoms. The number of hydrogen-bond acceptors (Lipinski definition) is 6. The minimum atomic E-state index is -0.572. The second kappa shape index (κ2) is 9.84. The lowest BCUT2D eigenvalue weighted by molar-refractivity contribution is -0.142. The van der Waals surface area contributed by atoms with Crippen molar-refractivity contribution in [1.29, 1.82) is 0 Å². The van der Waals surface area contributed by atoms with E-state index in [0.29, 0.717) is 38.9 Å². The molecule has 10 heteroatoms. The van der Waals surface area contributed by atoms with Gasteiger partial charge in [-0.05, 0) is 55.0 Å². The van der Waals surface area contributed by atoms with Crippen LogP contribution in [0.4, 0.5) is 10.5 Å². The molecular weight excluding hydrogens is 492 g/mol. The number of ether oxygens (including phenoxy) is 3. The standard InChI is InChI=1S/C21H18BrClN2O6/c1-3-30-17-9-12(15(22)10-18(17)31-11-19(26)29-2)8-16-20(27)25(21(28)24-16)14-6-4-13(23)5-7-14/h4-10H,3,11H2,1-2H3,(H,24,28)/b16-8+. The number of esters is 1. The van der Waals surface area contributed by atoms with Crippen LogP contribution in [-0.2, 0) is 14.3 Å². The number of benzene rings is 2. The number of urea groups is 1. The van der Waals surface area contributed by atoms with Crippen LogP contribution >= 0.6 is 27.5 Å². The van der Waals surface area contributed by atoms with E-state index in [2.05, 4.69) is 26.0 Å². The summed E-state index contributed by atoms with van der Waals surface area (Å²) in [4.78, 5) is 37.6. The average molecular weight is 510 g/mol. The van der Waals surface area contributed by atoms with Gasteiger partial charge in [0.1, 0.15) is 5.70 Å². The fourth-order valence-electron chi connectivity index (χ4n) is 2.75. The maximum Gasteiger partial charge on any atom is 0.343 e. The molecule has 0 aromatic heterocycles. The van der Waals surface area contributed by atoms with Crippen LogP contribution in [0.25, 0.3) is 6.08 Å². The summed E-state index contributed by atoms with van der Waals surface area (Å²) in [6, 6.07) is 9.03. The second-order valence-corrected chi connectivity index (χ2v) is 7.51. The van der Waals surface area contributed by atoms with Gasteiger partial charge in [0.25, 0.3) is 5.91 Å². The van der Waals surface area contributed by atoms with E-state index in [1.165, 1.54) is 13.2 Å². The fraction of sp³-hybridized carbons (Fsp3) is 0.190. The first-order valence-corrected chi connectivity index (χ1v) is 10.3. The topological polar surface area (TPSA) is 94.2 Å². The Morgan fingerprint density at radius 2 is 1.84 bits per heavy atom. The lowest BCUT2D eigenvalue weighted by atomic mass is 10.1. The summed E-state index contributed by atoms with van der Waals surface area (Å²) in [6.07, 6.45) is 1.52. The number of amides is 3. The third-order valence-electron chi connectivity index (χ3n) is 4.20. The van der Waals surface area contributed by atoms with Gasteiger partial charge in [-0.1, -0.05) is 27.5 Å². The number of anilines is 1. The maximum atomic E-state index is 12.8. The molecule has 1 heterocycles. The first-order chi connectivity index (χ1) is 14.8. The minimum Gasteiger partial charge on any atom is -0.490 e. The van der Waals surface area contributed by atoms with Crippen LogP contribution in [0.3, 0.4) is 0 Å². The summed E-state index contributed by atoms with van der Waals surface area (Å²) in [7, 11) is 1.26. The van der Waals surface area contributed by atoms with Gasteiger partial charge >= 0.3 is 12.0 Å². The van der Waals surface area contributed by atoms with Gasteiger partial charge in [-0.2, -0.15) is 0 Å². The highest BCUT2D eigenvalue weighted by molar-refractivity contribution is 9.10. The van der Waals surface area contributed by atoms with Gasteiger partial charge < -0.3 is 19.5 Å². The number of carbonyl (C=O) groups excluding carboxylic acids is 3. The Balaban J connectivity index is 1.90. The van der Waals surface area contributed by atoms with Crippen molar-refractivity contribution in [3.8, 4) is 11.5 Å². The molecule has 2 aromatic rings. The molecule has 0 saturated carbocycles. The molecule has 162 valence electrons. The van der Waals surface area contributed by atoms with Gasteiger partial charge in [0, 0.05) is 9.50 Å². The zero-order valence-electron chi connectivity index (χ0n) is 16.6. The van der Waals surface area contributed by atoms with Crippen molar-refractivity contribution in [3.63, 3.8) is 0 Å². The van der Waals surface area contributed by atoms with Crippen LogP contribution in [0.1, 0.15) is 12.5 Å². The van der Waals surface area contributed by atoms with Crippen molar-refractivity contribution in [2.24, 2.45) is 0 Å². The van der Waals surface area contributed by atoms with Gasteiger partial charge in [0.2, 0.25) is 0 Å². The summed E-state index contributed by atoms with van der Waals surface area (Å²) < 4.78 is 16.2. The van der Waals surface area contributed by atoms with Crippen LogP contribution in [-0.4, -0.2) is 38.2 Å². The lowest BCUT2D eigenvalue weighted by Crippen LogP contribution is -2.30. The molecule has 1 saturated heterocycles. The number of rotatable bonds is 7. The van der Waals surface area contributed by atoms with Crippen molar-refractivity contribution < 1.29 is 28.6 Å². The quantitative estimate of drug-likeness (QED) is 0.342. The van der Waals surface area contributed by atoms with E-state index in [1.807, 2.05) is 0 Å². The van der Waals surface area contributed by atoms with Crippen molar-refractivity contribution in [2.45, 2.75) is 6.92 Å². The largest absolute Gasteiger partial charge is 0.490 e. The number of hydrogen-bond donors (Lipinski definition) is 1. The first kappa shape index (κ1) is 22.6. The Morgan fingerprint density at radius 3 is 2.48 bits per heavy atom. The summed E-state index contributed by atoms with van der Waals surface area (Å²) in [5.41, 5.74) is 1.05. The van der Waals surface area contributed by atoms with Gasteiger partial charge in [-0.3, -0.25) is 4.79 Å². The third-order valence-corrected chi connectivity index (χ3v) is 5.14. The Kier molecular flexibility index (Phi) is 7.19. The monoisotopic (exact) mass is 508 g/mol. The third kappa shape index (κ3) is 5.18. The molecule has 0 atom stereocenters. The van der Waals surface area contributed by atoms with Crippen LogP contribution in [0.5, 0.6) is 11.5 Å². The van der Waals surface area contributed by atoms with Gasteiger partial charge in [0.15, 0.2) is 18.1 Å². The molecule has 1 N–H and O–H groups in total. The lowest BCUT2D eigenvalue weighted by Gasteiger charge is -2.13. The van der Waals surface area contributed by atoms with Crippen molar-refractivity contribution in [3.05, 3.63) is 57.2 Å². The van der Waals surface area contributed by atoms with E-state index in [0.717, 1.165) is 4.90 Å². The van der Waals surface area contributed by atoms with Crippen LogP contribution in [0, 0.1) is 0 Å². The number of methoxy groups -OCH3 is 1. The summed E-state index contributed by atoms with van der Waals surface area (Å²) >= 11 is 9.30. The molecule has 0 bridgehead atoms. The Hall–Kier alpha value is -3.04. The molecule has 31 heavy (non-hydrogen) atoms. The summed E-state index contributed by atoms with van der Waals surface area (Å²) in [5.74, 6) is -0.354. The van der Waals surface area contributed by atoms with Crippen LogP contribution < -0.4 is 19.7 Å². The van der Waals surface area contributed by atoms with Gasteiger partial charge in [-0.15, -0.1) is 0 Å². The second-order valence-electron chi connectivity index (χ2n) is 6.22. The Bertz CT molecular complexity index is 1050. The molecule has 0 radical (unpaired) electrons.